The molecule has 0 bridgehead atoms. The fraction of sp³-hybridized carbons (Fsp3) is 0.600. The van der Waals surface area contributed by atoms with Gasteiger partial charge in [0.1, 0.15) is 5.82 Å². The van der Waals surface area contributed by atoms with Crippen molar-refractivity contribution in [2.45, 2.75) is 46.1 Å². The molecule has 3 heteroatoms. The molecule has 102 valence electrons. The van der Waals surface area contributed by atoms with Gasteiger partial charge >= 0.3 is 0 Å². The van der Waals surface area contributed by atoms with E-state index in [0.717, 1.165) is 24.9 Å². The molecular weight excluding hydrogens is 249 g/mol. The highest BCUT2D eigenvalue weighted by atomic mass is 35.5. The molecule has 1 rings (SSSR count). The van der Waals surface area contributed by atoms with Gasteiger partial charge < -0.3 is 5.32 Å². The zero-order valence-electron chi connectivity index (χ0n) is 11.7. The van der Waals surface area contributed by atoms with Gasteiger partial charge in [-0.15, -0.1) is 0 Å². The summed E-state index contributed by atoms with van der Waals surface area (Å²) in [6.07, 6.45) is 2.01. The standard InChI is InChI=1S/C15H23ClFN/c1-11(10-18-15(2,3)4)5-6-12-7-8-14(17)13(16)9-12/h7-9,11,18H,5-6,10H2,1-4H3. The van der Waals surface area contributed by atoms with Crippen LogP contribution in [0.15, 0.2) is 18.2 Å². The average molecular weight is 272 g/mol. The van der Waals surface area contributed by atoms with Crippen LogP contribution in [-0.2, 0) is 6.42 Å². The Kier molecular flexibility index (Phi) is 5.61. The average Bonchev–Trinajstić information content (AvgIpc) is 2.27. The van der Waals surface area contributed by atoms with Crippen molar-refractivity contribution < 1.29 is 4.39 Å². The molecule has 0 saturated carbocycles. The molecule has 1 nitrogen and oxygen atoms in total. The number of hydrogen-bond acceptors (Lipinski definition) is 1. The lowest BCUT2D eigenvalue weighted by Gasteiger charge is -2.23. The van der Waals surface area contributed by atoms with Gasteiger partial charge in [-0.3, -0.25) is 0 Å². The van der Waals surface area contributed by atoms with Crippen molar-refractivity contribution in [2.24, 2.45) is 5.92 Å². The molecule has 1 aromatic carbocycles. The van der Waals surface area contributed by atoms with Crippen molar-refractivity contribution in [1.29, 1.82) is 0 Å². The van der Waals surface area contributed by atoms with Gasteiger partial charge in [0.25, 0.3) is 0 Å². The first-order valence-electron chi connectivity index (χ1n) is 6.47. The van der Waals surface area contributed by atoms with Crippen molar-refractivity contribution in [3.8, 4) is 0 Å². The Morgan fingerprint density at radius 1 is 1.33 bits per heavy atom. The lowest BCUT2D eigenvalue weighted by Crippen LogP contribution is -2.38. The molecule has 0 aromatic heterocycles. The van der Waals surface area contributed by atoms with Crippen LogP contribution in [0.3, 0.4) is 0 Å². The maximum absolute atomic E-state index is 13.0. The quantitative estimate of drug-likeness (QED) is 0.835. The second-order valence-corrected chi connectivity index (χ2v) is 6.43. The minimum absolute atomic E-state index is 0.160. The van der Waals surface area contributed by atoms with E-state index in [1.54, 1.807) is 6.07 Å². The lowest BCUT2D eigenvalue weighted by atomic mass is 9.99. The van der Waals surface area contributed by atoms with Crippen molar-refractivity contribution >= 4 is 11.6 Å². The summed E-state index contributed by atoms with van der Waals surface area (Å²) in [7, 11) is 0. The Balaban J connectivity index is 2.38. The van der Waals surface area contributed by atoms with Crippen LogP contribution in [0.25, 0.3) is 0 Å². The number of benzene rings is 1. The van der Waals surface area contributed by atoms with E-state index in [4.69, 9.17) is 11.6 Å². The smallest absolute Gasteiger partial charge is 0.141 e. The van der Waals surface area contributed by atoms with Crippen LogP contribution in [0.5, 0.6) is 0 Å². The second-order valence-electron chi connectivity index (χ2n) is 6.02. The first-order valence-corrected chi connectivity index (χ1v) is 6.84. The van der Waals surface area contributed by atoms with Gasteiger partial charge in [0, 0.05) is 5.54 Å². The molecule has 0 aliphatic carbocycles. The van der Waals surface area contributed by atoms with Gasteiger partial charge in [0.15, 0.2) is 0 Å². The lowest BCUT2D eigenvalue weighted by molar-refractivity contribution is 0.372. The number of aryl methyl sites for hydroxylation is 1. The van der Waals surface area contributed by atoms with Crippen LogP contribution in [0.4, 0.5) is 4.39 Å². The minimum atomic E-state index is -0.345. The van der Waals surface area contributed by atoms with E-state index in [2.05, 4.69) is 33.0 Å². The van der Waals surface area contributed by atoms with Gasteiger partial charge in [0.2, 0.25) is 0 Å². The maximum atomic E-state index is 13.0. The Labute approximate surface area is 115 Å². The predicted octanol–water partition coefficient (Wildman–Crippen LogP) is 4.44. The summed E-state index contributed by atoms with van der Waals surface area (Å²) >= 11 is 5.76. The van der Waals surface area contributed by atoms with Crippen LogP contribution < -0.4 is 5.32 Å². The van der Waals surface area contributed by atoms with Crippen molar-refractivity contribution in [1.82, 2.24) is 5.32 Å². The molecule has 0 heterocycles. The summed E-state index contributed by atoms with van der Waals surface area (Å²) < 4.78 is 13.0. The molecule has 0 radical (unpaired) electrons. The maximum Gasteiger partial charge on any atom is 0.141 e. The van der Waals surface area contributed by atoms with E-state index >= 15 is 0 Å². The fourth-order valence-electron chi connectivity index (χ4n) is 1.69. The van der Waals surface area contributed by atoms with Crippen LogP contribution in [0.2, 0.25) is 5.02 Å². The van der Waals surface area contributed by atoms with E-state index in [-0.39, 0.29) is 16.4 Å². The minimum Gasteiger partial charge on any atom is -0.312 e. The topological polar surface area (TPSA) is 12.0 Å². The highest BCUT2D eigenvalue weighted by Crippen LogP contribution is 2.18. The van der Waals surface area contributed by atoms with E-state index in [0.29, 0.717) is 5.92 Å². The molecule has 0 spiro atoms. The zero-order valence-corrected chi connectivity index (χ0v) is 12.4. The third-order valence-corrected chi connectivity index (χ3v) is 3.18. The van der Waals surface area contributed by atoms with Crippen LogP contribution in [-0.4, -0.2) is 12.1 Å². The zero-order chi connectivity index (χ0) is 13.8. The molecule has 0 fully saturated rings. The van der Waals surface area contributed by atoms with Crippen molar-refractivity contribution in [2.75, 3.05) is 6.54 Å². The molecule has 1 N–H and O–H groups in total. The number of rotatable bonds is 5. The van der Waals surface area contributed by atoms with Crippen LogP contribution in [0.1, 0.15) is 39.7 Å². The van der Waals surface area contributed by atoms with Gasteiger partial charge in [0.05, 0.1) is 5.02 Å². The summed E-state index contributed by atoms with van der Waals surface area (Å²) in [5, 5.41) is 3.71. The third-order valence-electron chi connectivity index (χ3n) is 2.89. The second kappa shape index (κ2) is 6.53. The fourth-order valence-corrected chi connectivity index (χ4v) is 1.89. The molecule has 0 aliphatic rings. The first kappa shape index (κ1) is 15.5. The van der Waals surface area contributed by atoms with E-state index in [1.807, 2.05) is 6.07 Å². The van der Waals surface area contributed by atoms with Crippen molar-refractivity contribution in [3.63, 3.8) is 0 Å². The van der Waals surface area contributed by atoms with Crippen molar-refractivity contribution in [3.05, 3.63) is 34.6 Å². The third kappa shape index (κ3) is 5.83. The van der Waals surface area contributed by atoms with Gasteiger partial charge in [-0.25, -0.2) is 4.39 Å². The molecular formula is C15H23ClFN. The highest BCUT2D eigenvalue weighted by Gasteiger charge is 2.11. The Hall–Kier alpha value is -0.600. The van der Waals surface area contributed by atoms with Gasteiger partial charge in [-0.1, -0.05) is 24.6 Å². The molecule has 1 atom stereocenters. The predicted molar refractivity (Wildman–Crippen MR) is 76.7 cm³/mol. The Morgan fingerprint density at radius 3 is 2.56 bits per heavy atom. The van der Waals surface area contributed by atoms with Crippen LogP contribution >= 0.6 is 11.6 Å². The Morgan fingerprint density at radius 2 is 2.00 bits per heavy atom. The molecule has 0 aliphatic heterocycles. The van der Waals surface area contributed by atoms with E-state index < -0.39 is 0 Å². The van der Waals surface area contributed by atoms with E-state index in [1.165, 1.54) is 6.07 Å². The monoisotopic (exact) mass is 271 g/mol. The molecule has 0 saturated heterocycles. The number of halogens is 2. The molecule has 1 aromatic rings. The normalized spacial score (nSPS) is 13.7. The largest absolute Gasteiger partial charge is 0.312 e. The van der Waals surface area contributed by atoms with Crippen LogP contribution in [0, 0.1) is 11.7 Å². The summed E-state index contributed by atoms with van der Waals surface area (Å²) in [6.45, 7) is 9.72. The summed E-state index contributed by atoms with van der Waals surface area (Å²) in [6, 6.07) is 4.97. The summed E-state index contributed by atoms with van der Waals surface area (Å²) in [4.78, 5) is 0. The first-order chi connectivity index (χ1) is 8.28. The summed E-state index contributed by atoms with van der Waals surface area (Å²) in [5.41, 5.74) is 1.26. The molecule has 1 unspecified atom stereocenters. The summed E-state index contributed by atoms with van der Waals surface area (Å²) in [5.74, 6) is 0.246. The van der Waals surface area contributed by atoms with E-state index in [9.17, 15) is 4.39 Å². The highest BCUT2D eigenvalue weighted by molar-refractivity contribution is 6.30. The number of nitrogens with one attached hydrogen (secondary N) is 1. The molecule has 18 heavy (non-hydrogen) atoms. The SMILES string of the molecule is CC(CCc1ccc(F)c(Cl)c1)CNC(C)(C)C. The number of hydrogen-bond donors (Lipinski definition) is 1. The Bertz CT molecular complexity index is 385. The van der Waals surface area contributed by atoms with Gasteiger partial charge in [-0.2, -0.15) is 0 Å². The van der Waals surface area contributed by atoms with Gasteiger partial charge in [-0.05, 0) is 63.8 Å². The molecule has 0 amide bonds.